The van der Waals surface area contributed by atoms with Crippen LogP contribution in [0.3, 0.4) is 0 Å². The normalized spacial score (nSPS) is 12.8. The van der Waals surface area contributed by atoms with Gasteiger partial charge in [-0.25, -0.2) is 4.39 Å². The van der Waals surface area contributed by atoms with Crippen LogP contribution in [0.2, 0.25) is 0 Å². The summed E-state index contributed by atoms with van der Waals surface area (Å²) in [5, 5.41) is 8.89. The number of halogens is 1. The van der Waals surface area contributed by atoms with Gasteiger partial charge in [-0.1, -0.05) is 6.07 Å². The Morgan fingerprint density at radius 1 is 1.40 bits per heavy atom. The molecule has 4 heteroatoms. The van der Waals surface area contributed by atoms with Crippen molar-refractivity contribution in [3.63, 3.8) is 0 Å². The summed E-state index contributed by atoms with van der Waals surface area (Å²) in [4.78, 5) is 0. The maximum atomic E-state index is 13.7. The fourth-order valence-corrected chi connectivity index (χ4v) is 1.82. The minimum atomic E-state index is -0.378. The van der Waals surface area contributed by atoms with E-state index in [-0.39, 0.29) is 23.0 Å². The molecule has 1 rings (SSSR count). The van der Waals surface area contributed by atoms with E-state index in [9.17, 15) is 4.39 Å². The van der Waals surface area contributed by atoms with Crippen LogP contribution in [0, 0.1) is 22.6 Å². The quantitative estimate of drug-likeness (QED) is 0.768. The van der Waals surface area contributed by atoms with Crippen molar-refractivity contribution in [2.24, 2.45) is 11.1 Å². The zero-order chi connectivity index (χ0) is 15.2. The molecule has 1 aromatic carbocycles. The molecule has 1 atom stereocenters. The van der Waals surface area contributed by atoms with E-state index in [1.165, 1.54) is 6.07 Å². The number of hydrogen-bond donors (Lipinski definition) is 1. The fraction of sp³-hybridized carbons (Fsp3) is 0.562. The molecule has 0 bridgehead atoms. The van der Waals surface area contributed by atoms with Crippen molar-refractivity contribution in [2.75, 3.05) is 6.61 Å². The SMILES string of the molecule is C[C@H](N)c1ccc(OCCCCC(C)(C)C#N)c(F)c1. The van der Waals surface area contributed by atoms with E-state index in [1.807, 2.05) is 20.8 Å². The maximum absolute atomic E-state index is 13.7. The van der Waals surface area contributed by atoms with E-state index in [1.54, 1.807) is 12.1 Å². The molecule has 110 valence electrons. The molecule has 0 saturated heterocycles. The molecule has 0 radical (unpaired) electrons. The molecular weight excluding hydrogens is 255 g/mol. The van der Waals surface area contributed by atoms with Gasteiger partial charge in [0.1, 0.15) is 0 Å². The van der Waals surface area contributed by atoms with Crippen molar-refractivity contribution in [3.05, 3.63) is 29.6 Å². The third-order valence-corrected chi connectivity index (χ3v) is 3.24. The van der Waals surface area contributed by atoms with Crippen LogP contribution in [0.15, 0.2) is 18.2 Å². The third kappa shape index (κ3) is 5.18. The summed E-state index contributed by atoms with van der Waals surface area (Å²) in [5.74, 6) is -0.119. The standard InChI is InChI=1S/C16H23FN2O/c1-12(19)13-6-7-15(14(17)10-13)20-9-5-4-8-16(2,3)11-18/h6-7,10,12H,4-5,8-9,19H2,1-3H3/t12-/m0/s1. The van der Waals surface area contributed by atoms with E-state index in [2.05, 4.69) is 6.07 Å². The number of benzene rings is 1. The average Bonchev–Trinajstić information content (AvgIpc) is 2.39. The predicted molar refractivity (Wildman–Crippen MR) is 77.7 cm³/mol. The van der Waals surface area contributed by atoms with Crippen molar-refractivity contribution in [1.82, 2.24) is 0 Å². The summed E-state index contributed by atoms with van der Waals surface area (Å²) in [7, 11) is 0. The Hall–Kier alpha value is -1.60. The number of rotatable bonds is 7. The molecular formula is C16H23FN2O. The average molecular weight is 278 g/mol. The van der Waals surface area contributed by atoms with Gasteiger partial charge in [0.15, 0.2) is 11.6 Å². The van der Waals surface area contributed by atoms with E-state index in [0.29, 0.717) is 6.61 Å². The molecule has 0 aliphatic rings. The number of ether oxygens (including phenoxy) is 1. The van der Waals surface area contributed by atoms with Gasteiger partial charge in [-0.2, -0.15) is 5.26 Å². The molecule has 0 heterocycles. The second-order valence-electron chi connectivity index (χ2n) is 5.78. The van der Waals surface area contributed by atoms with Gasteiger partial charge in [0, 0.05) is 6.04 Å². The van der Waals surface area contributed by atoms with Crippen LogP contribution in [0.5, 0.6) is 5.75 Å². The Kier molecular flexibility index (Phi) is 5.97. The molecule has 0 unspecified atom stereocenters. The van der Waals surface area contributed by atoms with Crippen LogP contribution in [-0.2, 0) is 0 Å². The number of hydrogen-bond acceptors (Lipinski definition) is 3. The van der Waals surface area contributed by atoms with Gasteiger partial charge in [0.2, 0.25) is 0 Å². The monoisotopic (exact) mass is 278 g/mol. The van der Waals surface area contributed by atoms with Crippen LogP contribution >= 0.6 is 0 Å². The molecule has 1 aromatic rings. The first kappa shape index (κ1) is 16.5. The summed E-state index contributed by atoms with van der Waals surface area (Å²) < 4.78 is 19.2. The molecule has 0 saturated carbocycles. The number of nitriles is 1. The highest BCUT2D eigenvalue weighted by molar-refractivity contribution is 5.30. The number of unbranched alkanes of at least 4 members (excludes halogenated alkanes) is 1. The first-order valence-corrected chi connectivity index (χ1v) is 6.95. The zero-order valence-electron chi connectivity index (χ0n) is 12.4. The van der Waals surface area contributed by atoms with Crippen LogP contribution < -0.4 is 10.5 Å². The number of nitrogens with two attached hydrogens (primary N) is 1. The van der Waals surface area contributed by atoms with Crippen LogP contribution in [0.4, 0.5) is 4.39 Å². The molecule has 2 N–H and O–H groups in total. The van der Waals surface area contributed by atoms with E-state index in [0.717, 1.165) is 24.8 Å². The van der Waals surface area contributed by atoms with Gasteiger partial charge in [0.05, 0.1) is 18.1 Å². The molecule has 0 aliphatic heterocycles. The summed E-state index contributed by atoms with van der Waals surface area (Å²) in [6, 6.07) is 6.89. The first-order chi connectivity index (χ1) is 9.35. The highest BCUT2D eigenvalue weighted by Gasteiger charge is 2.15. The van der Waals surface area contributed by atoms with Gasteiger partial charge in [-0.3, -0.25) is 0 Å². The van der Waals surface area contributed by atoms with Crippen molar-refractivity contribution in [1.29, 1.82) is 5.26 Å². The molecule has 0 spiro atoms. The molecule has 3 nitrogen and oxygen atoms in total. The van der Waals surface area contributed by atoms with Gasteiger partial charge in [-0.15, -0.1) is 0 Å². The molecule has 0 amide bonds. The van der Waals surface area contributed by atoms with Crippen LogP contribution in [0.25, 0.3) is 0 Å². The fourth-order valence-electron chi connectivity index (χ4n) is 1.82. The lowest BCUT2D eigenvalue weighted by Crippen LogP contribution is -2.09. The Bertz CT molecular complexity index is 478. The van der Waals surface area contributed by atoms with E-state index in [4.69, 9.17) is 15.7 Å². The third-order valence-electron chi connectivity index (χ3n) is 3.24. The Morgan fingerprint density at radius 3 is 2.65 bits per heavy atom. The lowest BCUT2D eigenvalue weighted by atomic mass is 9.89. The highest BCUT2D eigenvalue weighted by Crippen LogP contribution is 2.23. The molecule has 0 aliphatic carbocycles. The Morgan fingerprint density at radius 2 is 2.10 bits per heavy atom. The van der Waals surface area contributed by atoms with Gasteiger partial charge >= 0.3 is 0 Å². The largest absolute Gasteiger partial charge is 0.491 e. The van der Waals surface area contributed by atoms with Gasteiger partial charge in [0.25, 0.3) is 0 Å². The smallest absolute Gasteiger partial charge is 0.165 e. The first-order valence-electron chi connectivity index (χ1n) is 6.95. The predicted octanol–water partition coefficient (Wildman–Crippen LogP) is 3.94. The molecule has 20 heavy (non-hydrogen) atoms. The lowest BCUT2D eigenvalue weighted by molar-refractivity contribution is 0.282. The van der Waals surface area contributed by atoms with E-state index < -0.39 is 0 Å². The Balaban J connectivity index is 2.38. The zero-order valence-corrected chi connectivity index (χ0v) is 12.4. The van der Waals surface area contributed by atoms with Crippen molar-refractivity contribution in [3.8, 4) is 11.8 Å². The minimum absolute atomic E-state index is 0.188. The van der Waals surface area contributed by atoms with Gasteiger partial charge < -0.3 is 10.5 Å². The summed E-state index contributed by atoms with van der Waals surface area (Å²) in [6.45, 7) is 6.10. The summed E-state index contributed by atoms with van der Waals surface area (Å²) in [5.41, 5.74) is 6.15. The van der Waals surface area contributed by atoms with Crippen molar-refractivity contribution >= 4 is 0 Å². The van der Waals surface area contributed by atoms with Crippen LogP contribution in [-0.4, -0.2) is 6.61 Å². The van der Waals surface area contributed by atoms with E-state index >= 15 is 0 Å². The second kappa shape index (κ2) is 7.25. The second-order valence-corrected chi connectivity index (χ2v) is 5.78. The molecule has 0 aromatic heterocycles. The lowest BCUT2D eigenvalue weighted by Gasteiger charge is -2.14. The Labute approximate surface area is 120 Å². The topological polar surface area (TPSA) is 59.0 Å². The van der Waals surface area contributed by atoms with Crippen LogP contribution in [0.1, 0.15) is 51.6 Å². The van der Waals surface area contributed by atoms with Crippen molar-refractivity contribution in [2.45, 2.75) is 46.1 Å². The molecule has 0 fully saturated rings. The maximum Gasteiger partial charge on any atom is 0.165 e. The minimum Gasteiger partial charge on any atom is -0.491 e. The summed E-state index contributed by atoms with van der Waals surface area (Å²) in [6.07, 6.45) is 2.51. The number of nitrogens with zero attached hydrogens (tertiary/aromatic N) is 1. The van der Waals surface area contributed by atoms with Gasteiger partial charge in [-0.05, 0) is 57.7 Å². The highest BCUT2D eigenvalue weighted by atomic mass is 19.1. The van der Waals surface area contributed by atoms with Crippen molar-refractivity contribution < 1.29 is 9.13 Å². The summed E-state index contributed by atoms with van der Waals surface area (Å²) >= 11 is 0.